The fraction of sp³-hybridized carbons (Fsp3) is 0.290. The number of nitrogens with zero attached hydrogens (tertiary/aromatic N) is 2. The van der Waals surface area contributed by atoms with E-state index < -0.39 is 18.4 Å². The third kappa shape index (κ3) is 5.10. The van der Waals surface area contributed by atoms with E-state index in [1.54, 1.807) is 30.5 Å². The highest BCUT2D eigenvalue weighted by atomic mass is 19.3. The summed E-state index contributed by atoms with van der Waals surface area (Å²) >= 11 is 0. The quantitative estimate of drug-likeness (QED) is 0.290. The third-order valence-electron chi connectivity index (χ3n) is 7.19. The fourth-order valence-corrected chi connectivity index (χ4v) is 5.06. The number of ether oxygens (including phenoxy) is 2. The number of carbonyl (C=O) groups excluding carboxylic acids is 1. The van der Waals surface area contributed by atoms with E-state index in [9.17, 15) is 13.6 Å². The Balaban J connectivity index is 1.26. The van der Waals surface area contributed by atoms with Gasteiger partial charge in [-0.2, -0.15) is 0 Å². The van der Waals surface area contributed by atoms with Crippen LogP contribution < -0.4 is 4.74 Å². The summed E-state index contributed by atoms with van der Waals surface area (Å²) in [6.07, 6.45) is 8.97. The van der Waals surface area contributed by atoms with Crippen LogP contribution in [0.4, 0.5) is 8.78 Å². The highest BCUT2D eigenvalue weighted by molar-refractivity contribution is 5.96. The molecule has 0 unspecified atom stereocenters. The second-order valence-electron chi connectivity index (χ2n) is 9.88. The van der Waals surface area contributed by atoms with Crippen molar-refractivity contribution in [2.24, 2.45) is 0 Å². The van der Waals surface area contributed by atoms with Crippen molar-refractivity contribution in [2.75, 3.05) is 26.3 Å². The Morgan fingerprint density at radius 1 is 1.08 bits per heavy atom. The lowest BCUT2D eigenvalue weighted by molar-refractivity contribution is 0.0120. The normalized spacial score (nSPS) is 17.3. The van der Waals surface area contributed by atoms with E-state index in [4.69, 9.17) is 20.3 Å². The van der Waals surface area contributed by atoms with Crippen molar-refractivity contribution >= 4 is 17.0 Å². The Morgan fingerprint density at radius 3 is 2.56 bits per heavy atom. The van der Waals surface area contributed by atoms with Gasteiger partial charge < -0.3 is 18.8 Å². The minimum absolute atomic E-state index is 0.0512. The lowest BCUT2D eigenvalue weighted by atomic mass is 10.0. The SMILES string of the molecule is C#Cc1cc(-c2ccnc3cc(-c4ccc(C(=O)N5CCC(F)(F)C5)cc4)oc23)ccc1OC1CCOCC1. The van der Waals surface area contributed by atoms with Crippen LogP contribution in [-0.2, 0) is 4.74 Å². The van der Waals surface area contributed by atoms with Crippen molar-refractivity contribution in [3.63, 3.8) is 0 Å². The first-order valence-corrected chi connectivity index (χ1v) is 12.9. The Kier molecular flexibility index (Phi) is 6.53. The van der Waals surface area contributed by atoms with Gasteiger partial charge in [0.15, 0.2) is 5.58 Å². The van der Waals surface area contributed by atoms with Crippen molar-refractivity contribution in [1.29, 1.82) is 0 Å². The van der Waals surface area contributed by atoms with Gasteiger partial charge in [0, 0.05) is 54.8 Å². The molecule has 0 saturated carbocycles. The summed E-state index contributed by atoms with van der Waals surface area (Å²) in [5, 5.41) is 0. The number of benzene rings is 2. The maximum Gasteiger partial charge on any atom is 0.267 e. The van der Waals surface area contributed by atoms with E-state index in [0.717, 1.165) is 29.5 Å². The highest BCUT2D eigenvalue weighted by Crippen LogP contribution is 2.36. The van der Waals surface area contributed by atoms with Crippen LogP contribution in [-0.4, -0.2) is 54.1 Å². The molecule has 1 amide bonds. The highest BCUT2D eigenvalue weighted by Gasteiger charge is 2.40. The van der Waals surface area contributed by atoms with Gasteiger partial charge in [-0.3, -0.25) is 9.78 Å². The molecule has 198 valence electrons. The van der Waals surface area contributed by atoms with Gasteiger partial charge in [0.1, 0.15) is 23.1 Å². The molecule has 0 atom stereocenters. The summed E-state index contributed by atoms with van der Waals surface area (Å²) in [7, 11) is 0. The number of furan rings is 1. The maximum atomic E-state index is 13.5. The Hall–Kier alpha value is -4.22. The van der Waals surface area contributed by atoms with Crippen molar-refractivity contribution in [2.45, 2.75) is 31.3 Å². The number of hydrogen-bond acceptors (Lipinski definition) is 5. The molecule has 0 aliphatic carbocycles. The van der Waals surface area contributed by atoms with Gasteiger partial charge in [-0.1, -0.05) is 24.1 Å². The number of hydrogen-bond donors (Lipinski definition) is 0. The summed E-state index contributed by atoms with van der Waals surface area (Å²) in [4.78, 5) is 18.3. The predicted octanol–water partition coefficient (Wildman–Crippen LogP) is 6.18. The number of pyridine rings is 1. The van der Waals surface area contributed by atoms with Gasteiger partial charge in [0.2, 0.25) is 0 Å². The second kappa shape index (κ2) is 10.2. The fourth-order valence-electron chi connectivity index (χ4n) is 5.06. The number of terminal acetylenes is 1. The third-order valence-corrected chi connectivity index (χ3v) is 7.19. The predicted molar refractivity (Wildman–Crippen MR) is 143 cm³/mol. The largest absolute Gasteiger partial charge is 0.489 e. The van der Waals surface area contributed by atoms with Crippen LogP contribution >= 0.6 is 0 Å². The molecular formula is C31H26F2N2O4. The van der Waals surface area contributed by atoms with Crippen LogP contribution in [0.15, 0.2) is 65.2 Å². The van der Waals surface area contributed by atoms with E-state index in [2.05, 4.69) is 10.9 Å². The van der Waals surface area contributed by atoms with Crippen LogP contribution in [0.3, 0.4) is 0 Å². The molecule has 0 radical (unpaired) electrons. The first kappa shape index (κ1) is 25.1. The minimum atomic E-state index is -2.83. The molecule has 4 aromatic rings. The number of carbonyl (C=O) groups is 1. The zero-order chi connectivity index (χ0) is 27.0. The summed E-state index contributed by atoms with van der Waals surface area (Å²) < 4.78 is 44.9. The van der Waals surface area contributed by atoms with Crippen LogP contribution in [0.5, 0.6) is 5.75 Å². The van der Waals surface area contributed by atoms with Crippen molar-refractivity contribution in [3.05, 3.63) is 71.9 Å². The van der Waals surface area contributed by atoms with Gasteiger partial charge in [-0.15, -0.1) is 6.42 Å². The summed E-state index contributed by atoms with van der Waals surface area (Å²) in [5.74, 6) is 0.760. The first-order chi connectivity index (χ1) is 18.9. The number of halogens is 2. The molecule has 0 bridgehead atoms. The van der Waals surface area contributed by atoms with Gasteiger partial charge in [0.05, 0.1) is 25.3 Å². The molecular weight excluding hydrogens is 502 g/mol. The van der Waals surface area contributed by atoms with Crippen LogP contribution in [0, 0.1) is 12.3 Å². The summed E-state index contributed by atoms with van der Waals surface area (Å²) in [5.41, 5.74) is 4.75. The number of rotatable bonds is 5. The minimum Gasteiger partial charge on any atom is -0.489 e. The number of fused-ring (bicyclic) bond motifs is 1. The van der Waals surface area contributed by atoms with Crippen LogP contribution in [0.2, 0.25) is 0 Å². The number of aromatic nitrogens is 1. The number of amides is 1. The monoisotopic (exact) mass is 528 g/mol. The average Bonchev–Trinajstić information content (AvgIpc) is 3.56. The Bertz CT molecular complexity index is 1570. The molecule has 8 heteroatoms. The lowest BCUT2D eigenvalue weighted by Gasteiger charge is -2.24. The lowest BCUT2D eigenvalue weighted by Crippen LogP contribution is -2.31. The van der Waals surface area contributed by atoms with Crippen molar-refractivity contribution in [3.8, 4) is 40.5 Å². The second-order valence-corrected chi connectivity index (χ2v) is 9.88. The van der Waals surface area contributed by atoms with Crippen molar-refractivity contribution < 1.29 is 27.5 Å². The average molecular weight is 529 g/mol. The molecule has 2 aromatic carbocycles. The van der Waals surface area contributed by atoms with E-state index in [-0.39, 0.29) is 19.1 Å². The standard InChI is InChI=1S/C31H26F2N2O4/c1-2-20-17-23(7-8-27(20)38-24-10-15-37-16-11-24)25-9-13-34-26-18-28(39-29(25)26)21-3-5-22(6-4-21)30(36)35-14-12-31(32,33)19-35/h1,3-9,13,17-18,24H,10-12,14-16,19H2. The molecule has 2 aliphatic rings. The van der Waals surface area contributed by atoms with Gasteiger partial charge in [-0.05, 0) is 35.9 Å². The van der Waals surface area contributed by atoms with Gasteiger partial charge in [-0.25, -0.2) is 8.78 Å². The zero-order valence-electron chi connectivity index (χ0n) is 21.2. The zero-order valence-corrected chi connectivity index (χ0v) is 21.2. The van der Waals surface area contributed by atoms with Gasteiger partial charge >= 0.3 is 0 Å². The molecule has 0 spiro atoms. The van der Waals surface area contributed by atoms with Gasteiger partial charge in [0.25, 0.3) is 11.8 Å². The molecule has 2 aliphatic heterocycles. The van der Waals surface area contributed by atoms with E-state index in [0.29, 0.717) is 47.0 Å². The topological polar surface area (TPSA) is 64.8 Å². The number of likely N-dealkylation sites (tertiary alicyclic amines) is 1. The molecule has 2 fully saturated rings. The summed E-state index contributed by atoms with van der Waals surface area (Å²) in [6.45, 7) is 0.867. The molecule has 4 heterocycles. The molecule has 2 aromatic heterocycles. The van der Waals surface area contributed by atoms with Crippen molar-refractivity contribution in [1.82, 2.24) is 9.88 Å². The van der Waals surface area contributed by atoms with Crippen LogP contribution in [0.1, 0.15) is 35.2 Å². The summed E-state index contributed by atoms with van der Waals surface area (Å²) in [6, 6.07) is 16.2. The molecule has 6 rings (SSSR count). The molecule has 39 heavy (non-hydrogen) atoms. The Morgan fingerprint density at radius 2 is 1.85 bits per heavy atom. The Labute approximate surface area is 224 Å². The molecule has 0 N–H and O–H groups in total. The first-order valence-electron chi connectivity index (χ1n) is 12.9. The van der Waals surface area contributed by atoms with Crippen LogP contribution in [0.25, 0.3) is 33.6 Å². The van der Waals surface area contributed by atoms with E-state index in [1.165, 1.54) is 4.90 Å². The molecule has 6 nitrogen and oxygen atoms in total. The number of alkyl halides is 2. The van der Waals surface area contributed by atoms with E-state index >= 15 is 0 Å². The smallest absolute Gasteiger partial charge is 0.267 e. The maximum absolute atomic E-state index is 13.5. The van der Waals surface area contributed by atoms with E-state index in [1.807, 2.05) is 30.3 Å². The molecule has 2 saturated heterocycles.